The quantitative estimate of drug-likeness (QED) is 0.130. The Labute approximate surface area is 388 Å². The van der Waals surface area contributed by atoms with Gasteiger partial charge in [0, 0.05) is 44.3 Å². The molecule has 11 rings (SSSR count). The van der Waals surface area contributed by atoms with Gasteiger partial charge in [-0.3, -0.25) is 4.57 Å². The van der Waals surface area contributed by atoms with E-state index >= 15 is 0 Å². The molecule has 306 valence electrons. The second-order valence-electron chi connectivity index (χ2n) is 17.5. The van der Waals surface area contributed by atoms with Crippen LogP contribution < -0.4 is 9.30 Å². The maximum absolute atomic E-state index is 9.46. The van der Waals surface area contributed by atoms with E-state index in [0.29, 0.717) is 45.0 Å². The number of aromatic nitrogens is 4. The zero-order chi connectivity index (χ0) is 48.6. The van der Waals surface area contributed by atoms with E-state index in [4.69, 9.17) is 15.2 Å². The number of fused-ring (bicyclic) bond motifs is 10. The molecule has 1 aliphatic heterocycles. The number of imidazole rings is 1. The van der Waals surface area contributed by atoms with Gasteiger partial charge in [0.15, 0.2) is 0 Å². The Bertz CT molecular complexity index is 3850. The van der Waals surface area contributed by atoms with Crippen LogP contribution in [0.1, 0.15) is 63.6 Å². The summed E-state index contributed by atoms with van der Waals surface area (Å²) in [6, 6.07) is 36.6. The van der Waals surface area contributed by atoms with Crippen LogP contribution in [-0.2, 0) is 31.9 Å². The summed E-state index contributed by atoms with van der Waals surface area (Å²) >= 11 is 0. The number of rotatable bonds is 4. The minimum Gasteiger partial charge on any atom is -0.510 e. The van der Waals surface area contributed by atoms with Gasteiger partial charge in [-0.1, -0.05) is 150 Å². The molecule has 4 heterocycles. The number of hydrogen-bond donors (Lipinski definition) is 0. The van der Waals surface area contributed by atoms with Crippen molar-refractivity contribution in [2.24, 2.45) is 0 Å². The largest absolute Gasteiger partial charge is 0.510 e. The number of para-hydroxylation sites is 3. The maximum atomic E-state index is 9.46. The van der Waals surface area contributed by atoms with Gasteiger partial charge in [-0.25, -0.2) is 4.98 Å². The summed E-state index contributed by atoms with van der Waals surface area (Å²) in [6.07, 6.45) is 5.45. The number of pyridine rings is 1. The monoisotopic (exact) mass is 991 g/mol. The molecule has 3 aromatic heterocycles. The van der Waals surface area contributed by atoms with Gasteiger partial charge in [0.05, 0.1) is 27.7 Å². The van der Waals surface area contributed by atoms with E-state index in [0.717, 1.165) is 38.8 Å². The normalized spacial score (nSPS) is 14.0. The van der Waals surface area contributed by atoms with Crippen molar-refractivity contribution in [1.82, 2.24) is 14.1 Å². The minimum absolute atomic E-state index is 0. The van der Waals surface area contributed by atoms with Crippen LogP contribution in [-0.4, -0.2) is 14.1 Å². The molecule has 0 amide bonds. The number of hydrogen-bond acceptors (Lipinski definition) is 2. The molecule has 10 aromatic rings. The first-order chi connectivity index (χ1) is 32.8. The number of ether oxygens (including phenoxy) is 1. The molecule has 5 nitrogen and oxygen atoms in total. The van der Waals surface area contributed by atoms with Crippen molar-refractivity contribution in [2.45, 2.75) is 52.4 Å². The van der Waals surface area contributed by atoms with Crippen molar-refractivity contribution >= 4 is 32.8 Å². The Kier molecular flexibility index (Phi) is 7.49. The first-order valence-corrected chi connectivity index (χ1v) is 20.3. The Morgan fingerprint density at radius 1 is 0.613 bits per heavy atom. The molecule has 7 aromatic carbocycles. The molecule has 0 saturated carbocycles. The Morgan fingerprint density at radius 2 is 1.26 bits per heavy atom. The van der Waals surface area contributed by atoms with Crippen LogP contribution >= 0.6 is 0 Å². The first kappa shape index (κ1) is 31.3. The molecule has 0 unspecified atom stereocenters. The molecule has 0 fully saturated rings. The molecule has 0 aliphatic carbocycles. The number of nitrogens with zero attached hydrogens (tertiary/aromatic N) is 4. The standard InChI is InChI=1S/C56H44N4O.Pt/c1-55(2,3)36-30-31-57-52(32-36)60-49-26-12-11-22-44(49)45-29-28-39(34-51(45)60)61-38-17-13-16-37(33-38)58-35-59-53-46(23-14-25-48(53)56(4,5)6)42-20-9-7-18-40(42)41-19-8-10-21-43(41)47-24-15-27-50(58)54(47)59;/h7-32H,1-6H3;/q-2;/i7D,8D,9D,10D,18D,19D,20D,21D;. The molecule has 0 N–H and O–H groups in total. The molecule has 0 atom stereocenters. The summed E-state index contributed by atoms with van der Waals surface area (Å²) in [4.78, 5) is 4.82. The molecule has 0 radical (unpaired) electrons. The van der Waals surface area contributed by atoms with Gasteiger partial charge in [0.25, 0.3) is 6.33 Å². The molecular weight excluding hydrogens is 940 g/mol. The molecule has 0 bridgehead atoms. The maximum Gasteiger partial charge on any atom is 0.268 e. The molecule has 0 spiro atoms. The summed E-state index contributed by atoms with van der Waals surface area (Å²) in [5, 5.41) is 2.06. The van der Waals surface area contributed by atoms with E-state index in [1.807, 2.05) is 88.1 Å². The topological polar surface area (TPSA) is 35.9 Å². The smallest absolute Gasteiger partial charge is 0.268 e. The second kappa shape index (κ2) is 14.8. The SMILES string of the molecule is [2H]c1c([2H])c([2H])c2c(c1[2H])-c1cccc(C(C)(C)C)c1-[n+]1[c-]n(-c3[c-]c(Oc4[c-]c5c(cc4)c4ccccc4n5-c4cc(C(C)(C)C)ccn4)ccc3)c3cccc(c31)-c1c([2H])c([2H])c([2H])c([2H])c1-2.[Pt]. The molecule has 1 aliphatic rings. The fraction of sp³-hybridized carbons (Fsp3) is 0.143. The van der Waals surface area contributed by atoms with Crippen LogP contribution in [0.25, 0.3) is 83.4 Å². The predicted molar refractivity (Wildman–Crippen MR) is 247 cm³/mol. The van der Waals surface area contributed by atoms with E-state index in [-0.39, 0.29) is 60.8 Å². The van der Waals surface area contributed by atoms with E-state index in [2.05, 4.69) is 82.8 Å². The summed E-state index contributed by atoms with van der Waals surface area (Å²) < 4.78 is 85.6. The Balaban J connectivity index is 0.00000567. The van der Waals surface area contributed by atoms with Crippen molar-refractivity contribution in [3.05, 3.63) is 187 Å². The summed E-state index contributed by atoms with van der Waals surface area (Å²) in [5.74, 6) is 1.64. The Morgan fingerprint density at radius 3 is 2.00 bits per heavy atom. The first-order valence-electron chi connectivity index (χ1n) is 24.3. The van der Waals surface area contributed by atoms with Crippen LogP contribution in [0.15, 0.2) is 158 Å². The average Bonchev–Trinajstić information content (AvgIpc) is 3.89. The van der Waals surface area contributed by atoms with E-state index < -0.39 is 41.7 Å². The van der Waals surface area contributed by atoms with Crippen LogP contribution in [0.2, 0.25) is 0 Å². The van der Waals surface area contributed by atoms with E-state index in [1.54, 1.807) is 12.1 Å². The van der Waals surface area contributed by atoms with Crippen LogP contribution in [0, 0.1) is 18.5 Å². The van der Waals surface area contributed by atoms with Gasteiger partial charge in [-0.2, -0.15) is 18.2 Å². The molecule has 62 heavy (non-hydrogen) atoms. The minimum atomic E-state index is -0.514. The van der Waals surface area contributed by atoms with Crippen LogP contribution in [0.5, 0.6) is 11.5 Å². The van der Waals surface area contributed by atoms with Crippen LogP contribution in [0.3, 0.4) is 0 Å². The van der Waals surface area contributed by atoms with Crippen molar-refractivity contribution in [2.75, 3.05) is 0 Å². The second-order valence-corrected chi connectivity index (χ2v) is 17.5. The van der Waals surface area contributed by atoms with Gasteiger partial charge in [0.2, 0.25) is 0 Å². The van der Waals surface area contributed by atoms with Gasteiger partial charge in [-0.15, -0.1) is 29.7 Å². The number of benzene rings is 7. The van der Waals surface area contributed by atoms with Crippen LogP contribution in [0.4, 0.5) is 0 Å². The van der Waals surface area contributed by atoms with Crippen molar-refractivity contribution in [1.29, 1.82) is 0 Å². The fourth-order valence-corrected chi connectivity index (χ4v) is 8.62. The molecular formula is C56H44N4OPt-2. The van der Waals surface area contributed by atoms with Gasteiger partial charge in [0.1, 0.15) is 5.82 Å². The summed E-state index contributed by atoms with van der Waals surface area (Å²) in [5.41, 5.74) is 6.56. The average molecular weight is 992 g/mol. The zero-order valence-corrected chi connectivity index (χ0v) is 37.2. The molecule has 0 saturated heterocycles. The van der Waals surface area contributed by atoms with Gasteiger partial charge >= 0.3 is 0 Å². The van der Waals surface area contributed by atoms with E-state index in [1.165, 1.54) is 0 Å². The van der Waals surface area contributed by atoms with Gasteiger partial charge in [-0.05, 0) is 84.6 Å². The zero-order valence-electron chi connectivity index (χ0n) is 42.9. The van der Waals surface area contributed by atoms with Gasteiger partial charge < -0.3 is 13.9 Å². The summed E-state index contributed by atoms with van der Waals surface area (Å²) in [7, 11) is 0. The third-order valence-electron chi connectivity index (χ3n) is 11.5. The predicted octanol–water partition coefficient (Wildman–Crippen LogP) is 13.5. The fourth-order valence-electron chi connectivity index (χ4n) is 8.62. The summed E-state index contributed by atoms with van der Waals surface area (Å²) in [6.45, 7) is 12.7. The molecule has 6 heteroatoms. The third-order valence-corrected chi connectivity index (χ3v) is 11.5. The van der Waals surface area contributed by atoms with Crippen molar-refractivity contribution in [3.63, 3.8) is 0 Å². The van der Waals surface area contributed by atoms with Crippen molar-refractivity contribution < 1.29 is 41.3 Å². The van der Waals surface area contributed by atoms with Crippen molar-refractivity contribution in [3.8, 4) is 62.1 Å². The third kappa shape index (κ3) is 6.41. The van der Waals surface area contributed by atoms with E-state index in [9.17, 15) is 5.48 Å². The Hall–Kier alpha value is -6.55.